The summed E-state index contributed by atoms with van der Waals surface area (Å²) in [6, 6.07) is 7.05. The number of benzene rings is 1. The summed E-state index contributed by atoms with van der Waals surface area (Å²) in [5, 5.41) is -0.00814. The van der Waals surface area contributed by atoms with Crippen molar-refractivity contribution in [2.24, 2.45) is 0 Å². The van der Waals surface area contributed by atoms with Gasteiger partial charge in [-0.1, -0.05) is 63.5 Å². The van der Waals surface area contributed by atoms with Crippen molar-refractivity contribution in [3.8, 4) is 0 Å². The monoisotopic (exact) mass is 375 g/mol. The summed E-state index contributed by atoms with van der Waals surface area (Å²) in [6.07, 6.45) is 11.9. The lowest BCUT2D eigenvalue weighted by molar-refractivity contribution is -0.110. The van der Waals surface area contributed by atoms with Crippen LogP contribution in [0.2, 0.25) is 0 Å². The Morgan fingerprint density at radius 1 is 0.731 bits per heavy atom. The van der Waals surface area contributed by atoms with E-state index in [1.165, 1.54) is 37.0 Å². The van der Waals surface area contributed by atoms with Crippen molar-refractivity contribution in [2.75, 3.05) is 6.54 Å². The van der Waals surface area contributed by atoms with Gasteiger partial charge in [0.25, 0.3) is 11.8 Å². The van der Waals surface area contributed by atoms with Crippen LogP contribution < -0.4 is 0 Å². The van der Waals surface area contributed by atoms with Gasteiger partial charge < -0.3 is 0 Å². The van der Waals surface area contributed by atoms with Crippen LogP contribution >= 0.6 is 12.6 Å². The predicted octanol–water partition coefficient (Wildman–Crippen LogP) is 5.03. The average Bonchev–Trinajstić information content (AvgIpc) is 2.87. The van der Waals surface area contributed by atoms with E-state index in [1.807, 2.05) is 0 Å². The molecule has 1 aliphatic heterocycles. The van der Waals surface area contributed by atoms with Gasteiger partial charge in [-0.15, -0.1) is 12.6 Å². The van der Waals surface area contributed by atoms with E-state index in [0.717, 1.165) is 32.1 Å². The second-order valence-corrected chi connectivity index (χ2v) is 7.49. The first kappa shape index (κ1) is 20.7. The molecule has 0 spiro atoms. The molecule has 0 aliphatic carbocycles. The Morgan fingerprint density at radius 2 is 1.15 bits per heavy atom. The number of thiol groups is 1. The highest BCUT2D eigenvalue weighted by Gasteiger charge is 2.34. The maximum atomic E-state index is 12.2. The van der Waals surface area contributed by atoms with Gasteiger partial charge in [0.15, 0.2) is 5.12 Å². The van der Waals surface area contributed by atoms with Gasteiger partial charge in [0.05, 0.1) is 11.1 Å². The van der Waals surface area contributed by atoms with Crippen LogP contribution in [-0.4, -0.2) is 28.4 Å². The summed E-state index contributed by atoms with van der Waals surface area (Å²) in [5.41, 5.74) is 1.08. The molecule has 1 aromatic carbocycles. The second-order valence-electron chi connectivity index (χ2n) is 6.99. The van der Waals surface area contributed by atoms with Crippen LogP contribution in [0, 0.1) is 0 Å². The first-order valence-corrected chi connectivity index (χ1v) is 10.2. The van der Waals surface area contributed by atoms with Crippen LogP contribution in [0.5, 0.6) is 0 Å². The first-order valence-electron chi connectivity index (χ1n) is 9.78. The quantitative estimate of drug-likeness (QED) is 0.299. The van der Waals surface area contributed by atoms with Crippen LogP contribution in [0.1, 0.15) is 91.3 Å². The lowest BCUT2D eigenvalue weighted by atomic mass is 10.1. The van der Waals surface area contributed by atoms with Gasteiger partial charge >= 0.3 is 0 Å². The molecule has 0 radical (unpaired) electrons. The fourth-order valence-corrected chi connectivity index (χ4v) is 3.56. The van der Waals surface area contributed by atoms with Crippen molar-refractivity contribution in [3.05, 3.63) is 35.4 Å². The molecular weight excluding hydrogens is 346 g/mol. The molecule has 0 bridgehead atoms. The highest BCUT2D eigenvalue weighted by molar-refractivity contribution is 7.96. The number of nitrogens with zero attached hydrogens (tertiary/aromatic N) is 1. The van der Waals surface area contributed by atoms with E-state index >= 15 is 0 Å². The Kier molecular flexibility index (Phi) is 8.89. The first-order chi connectivity index (χ1) is 12.6. The third-order valence-corrected chi connectivity index (χ3v) is 5.12. The fourth-order valence-electron chi connectivity index (χ4n) is 3.40. The predicted molar refractivity (Wildman–Crippen MR) is 107 cm³/mol. The van der Waals surface area contributed by atoms with Crippen molar-refractivity contribution in [2.45, 2.75) is 70.6 Å². The van der Waals surface area contributed by atoms with Gasteiger partial charge in [-0.2, -0.15) is 0 Å². The van der Waals surface area contributed by atoms with E-state index in [0.29, 0.717) is 24.1 Å². The maximum absolute atomic E-state index is 12.2. The normalized spacial score (nSPS) is 13.3. The molecule has 2 amide bonds. The van der Waals surface area contributed by atoms with Gasteiger partial charge in [0, 0.05) is 13.0 Å². The summed E-state index contributed by atoms with van der Waals surface area (Å²) in [5.74, 6) is -0.296. The number of hydrogen-bond acceptors (Lipinski definition) is 3. The van der Waals surface area contributed by atoms with Gasteiger partial charge in [-0.25, -0.2) is 0 Å². The lowest BCUT2D eigenvalue weighted by Crippen LogP contribution is -2.30. The summed E-state index contributed by atoms with van der Waals surface area (Å²) in [6.45, 7) is 0.524. The zero-order valence-corrected chi connectivity index (χ0v) is 16.3. The van der Waals surface area contributed by atoms with Crippen molar-refractivity contribution < 1.29 is 14.4 Å². The van der Waals surface area contributed by atoms with Crippen molar-refractivity contribution in [3.63, 3.8) is 0 Å². The van der Waals surface area contributed by atoms with Crippen LogP contribution in [0.4, 0.5) is 0 Å². The Bertz CT molecular complexity index is 594. The summed E-state index contributed by atoms with van der Waals surface area (Å²) in [4.78, 5) is 36.6. The largest absolute Gasteiger partial charge is 0.288 e. The summed E-state index contributed by atoms with van der Waals surface area (Å²) < 4.78 is 0. The minimum Gasteiger partial charge on any atom is -0.288 e. The van der Waals surface area contributed by atoms with Gasteiger partial charge in [-0.3, -0.25) is 19.3 Å². The van der Waals surface area contributed by atoms with E-state index in [9.17, 15) is 14.4 Å². The summed E-state index contributed by atoms with van der Waals surface area (Å²) in [7, 11) is 0. The Balaban J connectivity index is 1.47. The van der Waals surface area contributed by atoms with Crippen molar-refractivity contribution >= 4 is 29.6 Å². The van der Waals surface area contributed by atoms with E-state index < -0.39 is 0 Å². The van der Waals surface area contributed by atoms with E-state index in [1.54, 1.807) is 24.3 Å². The average molecular weight is 376 g/mol. The van der Waals surface area contributed by atoms with Crippen LogP contribution in [-0.2, 0) is 4.79 Å². The standard InChI is InChI=1S/C21H29NO3S/c23-19(26)15-9-7-5-3-1-2-4-6-8-12-16-22-20(24)17-13-10-11-14-18(17)21(22)25/h10-11,13-14H,1-9,12,15-16H2,(H,23,26). The van der Waals surface area contributed by atoms with Crippen LogP contribution in [0.3, 0.4) is 0 Å². The number of carbonyl (C=O) groups excluding carboxylic acids is 3. The lowest BCUT2D eigenvalue weighted by Gasteiger charge is -2.13. The molecule has 142 valence electrons. The molecule has 0 N–H and O–H groups in total. The molecule has 0 saturated heterocycles. The SMILES string of the molecule is O=C(S)CCCCCCCCCCCCN1C(=O)c2ccccc2C1=O. The Morgan fingerprint density at radius 3 is 1.62 bits per heavy atom. The Hall–Kier alpha value is -1.62. The molecule has 26 heavy (non-hydrogen) atoms. The number of fused-ring (bicyclic) bond motifs is 1. The summed E-state index contributed by atoms with van der Waals surface area (Å²) >= 11 is 3.77. The highest BCUT2D eigenvalue weighted by Crippen LogP contribution is 2.23. The van der Waals surface area contributed by atoms with Gasteiger partial charge in [-0.05, 0) is 25.0 Å². The molecule has 1 aromatic rings. The molecule has 0 unspecified atom stereocenters. The number of amides is 2. The molecule has 5 heteroatoms. The molecule has 4 nitrogen and oxygen atoms in total. The van der Waals surface area contributed by atoms with Crippen LogP contribution in [0.25, 0.3) is 0 Å². The maximum Gasteiger partial charge on any atom is 0.261 e. The van der Waals surface area contributed by atoms with E-state index in [-0.39, 0.29) is 16.9 Å². The van der Waals surface area contributed by atoms with Crippen molar-refractivity contribution in [1.29, 1.82) is 0 Å². The molecule has 0 saturated carbocycles. The Labute approximate surface area is 161 Å². The van der Waals surface area contributed by atoms with E-state index in [2.05, 4.69) is 12.6 Å². The topological polar surface area (TPSA) is 54.5 Å². The number of imide groups is 1. The third kappa shape index (κ3) is 6.27. The fraction of sp³-hybridized carbons (Fsp3) is 0.571. The van der Waals surface area contributed by atoms with Gasteiger partial charge in [0.1, 0.15) is 0 Å². The third-order valence-electron chi connectivity index (χ3n) is 4.90. The molecule has 1 aliphatic rings. The minimum atomic E-state index is -0.148. The van der Waals surface area contributed by atoms with Gasteiger partial charge in [0.2, 0.25) is 0 Å². The molecular formula is C21H29NO3S. The van der Waals surface area contributed by atoms with Crippen molar-refractivity contribution in [1.82, 2.24) is 4.90 Å². The zero-order chi connectivity index (χ0) is 18.8. The number of unbranched alkanes of at least 4 members (excludes halogenated alkanes) is 9. The van der Waals surface area contributed by atoms with E-state index in [4.69, 9.17) is 0 Å². The molecule has 1 heterocycles. The smallest absolute Gasteiger partial charge is 0.261 e. The molecule has 0 fully saturated rings. The molecule has 2 rings (SSSR count). The second kappa shape index (κ2) is 11.2. The molecule has 0 aromatic heterocycles. The number of carbonyl (C=O) groups is 3. The van der Waals surface area contributed by atoms with Crippen LogP contribution in [0.15, 0.2) is 24.3 Å². The number of rotatable bonds is 13. The highest BCUT2D eigenvalue weighted by atomic mass is 32.1. The molecule has 0 atom stereocenters. The number of hydrogen-bond donors (Lipinski definition) is 1. The minimum absolute atomic E-state index is 0.00814. The zero-order valence-electron chi connectivity index (χ0n) is 15.4.